The topological polar surface area (TPSA) is 15.3 Å². The molecule has 0 aromatic carbocycles. The van der Waals surface area contributed by atoms with Crippen LogP contribution in [0.15, 0.2) is 0 Å². The largest absolute Gasteiger partial charge is 0.311 e. The van der Waals surface area contributed by atoms with Gasteiger partial charge in [-0.1, -0.05) is 33.6 Å². The first-order valence-corrected chi connectivity index (χ1v) is 8.41. The van der Waals surface area contributed by atoms with Crippen molar-refractivity contribution in [1.82, 2.24) is 10.2 Å². The van der Waals surface area contributed by atoms with Gasteiger partial charge in [0.2, 0.25) is 0 Å². The summed E-state index contributed by atoms with van der Waals surface area (Å²) in [6, 6.07) is 0.620. The molecule has 1 aliphatic carbocycles. The zero-order valence-electron chi connectivity index (χ0n) is 15.3. The van der Waals surface area contributed by atoms with Crippen molar-refractivity contribution in [3.8, 4) is 0 Å². The van der Waals surface area contributed by atoms with Crippen molar-refractivity contribution in [1.29, 1.82) is 0 Å². The van der Waals surface area contributed by atoms with E-state index < -0.39 is 0 Å². The van der Waals surface area contributed by atoms with E-state index in [-0.39, 0.29) is 5.54 Å². The van der Waals surface area contributed by atoms with Crippen LogP contribution in [0.25, 0.3) is 0 Å². The van der Waals surface area contributed by atoms with Crippen LogP contribution in [0.4, 0.5) is 0 Å². The fourth-order valence-corrected chi connectivity index (χ4v) is 3.30. The van der Waals surface area contributed by atoms with Crippen LogP contribution in [-0.2, 0) is 0 Å². The third kappa shape index (κ3) is 5.37. The van der Waals surface area contributed by atoms with E-state index in [1.807, 2.05) is 0 Å². The fraction of sp³-hybridized carbons (Fsp3) is 1.00. The van der Waals surface area contributed by atoms with Gasteiger partial charge in [-0.25, -0.2) is 0 Å². The Labute approximate surface area is 127 Å². The van der Waals surface area contributed by atoms with Gasteiger partial charge < -0.3 is 10.2 Å². The number of hydrogen-bond acceptors (Lipinski definition) is 2. The van der Waals surface area contributed by atoms with Crippen molar-refractivity contribution in [2.45, 2.75) is 85.7 Å². The van der Waals surface area contributed by atoms with Gasteiger partial charge in [0, 0.05) is 24.7 Å². The maximum atomic E-state index is 3.76. The molecule has 20 heavy (non-hydrogen) atoms. The van der Waals surface area contributed by atoms with E-state index in [1.165, 1.54) is 32.2 Å². The summed E-state index contributed by atoms with van der Waals surface area (Å²) >= 11 is 0. The molecule has 0 amide bonds. The Hall–Kier alpha value is -0.0800. The molecule has 1 rings (SSSR count). The molecule has 1 atom stereocenters. The SMILES string of the molecule is CC(N(C)CC1(CNC(C)(C)C)CCCC1)C(C)(C)C. The van der Waals surface area contributed by atoms with Gasteiger partial charge in [-0.15, -0.1) is 0 Å². The van der Waals surface area contributed by atoms with Crippen LogP contribution in [-0.4, -0.2) is 36.6 Å². The molecule has 1 saturated carbocycles. The van der Waals surface area contributed by atoms with Crippen LogP contribution in [0, 0.1) is 10.8 Å². The average Bonchev–Trinajstić information content (AvgIpc) is 2.72. The first-order chi connectivity index (χ1) is 8.95. The van der Waals surface area contributed by atoms with Gasteiger partial charge in [0.05, 0.1) is 0 Å². The molecule has 120 valence electrons. The quantitative estimate of drug-likeness (QED) is 0.808. The van der Waals surface area contributed by atoms with Crippen LogP contribution in [0.5, 0.6) is 0 Å². The first-order valence-electron chi connectivity index (χ1n) is 8.41. The van der Waals surface area contributed by atoms with Gasteiger partial charge in [-0.2, -0.15) is 0 Å². The van der Waals surface area contributed by atoms with Crippen LogP contribution in [0.1, 0.15) is 74.1 Å². The van der Waals surface area contributed by atoms with Crippen molar-refractivity contribution in [3.05, 3.63) is 0 Å². The van der Waals surface area contributed by atoms with Gasteiger partial charge in [-0.05, 0) is 58.4 Å². The molecule has 0 aromatic rings. The highest BCUT2D eigenvalue weighted by Gasteiger charge is 2.37. The second-order valence-electron chi connectivity index (χ2n) is 9.27. The van der Waals surface area contributed by atoms with E-state index in [2.05, 4.69) is 65.7 Å². The standard InChI is InChI=1S/C18H38N2/c1-15(16(2,3)4)20(8)14-18(11-9-10-12-18)13-19-17(5,6)7/h15,19H,9-14H2,1-8H3. The molecule has 0 aromatic heterocycles. The summed E-state index contributed by atoms with van der Waals surface area (Å²) in [5.74, 6) is 0. The lowest BCUT2D eigenvalue weighted by Gasteiger charge is -2.42. The van der Waals surface area contributed by atoms with Crippen LogP contribution >= 0.6 is 0 Å². The predicted octanol–water partition coefficient (Wildman–Crippen LogP) is 4.30. The second kappa shape index (κ2) is 6.36. The highest BCUT2D eigenvalue weighted by molar-refractivity contribution is 4.92. The number of rotatable bonds is 5. The molecular formula is C18H38N2. The molecule has 1 fully saturated rings. The monoisotopic (exact) mass is 282 g/mol. The van der Waals surface area contributed by atoms with Crippen molar-refractivity contribution in [2.24, 2.45) is 10.8 Å². The third-order valence-electron chi connectivity index (χ3n) is 5.16. The second-order valence-corrected chi connectivity index (χ2v) is 9.27. The third-order valence-corrected chi connectivity index (χ3v) is 5.16. The van der Waals surface area contributed by atoms with Gasteiger partial charge in [0.15, 0.2) is 0 Å². The molecule has 0 radical (unpaired) electrons. The summed E-state index contributed by atoms with van der Waals surface area (Å²) in [5.41, 5.74) is 1.07. The van der Waals surface area contributed by atoms with Gasteiger partial charge >= 0.3 is 0 Å². The number of nitrogens with zero attached hydrogens (tertiary/aromatic N) is 1. The molecule has 0 spiro atoms. The smallest absolute Gasteiger partial charge is 0.0113 e. The lowest BCUT2D eigenvalue weighted by molar-refractivity contribution is 0.0814. The Bertz CT molecular complexity index is 290. The maximum Gasteiger partial charge on any atom is 0.0113 e. The molecule has 0 bridgehead atoms. The minimum atomic E-state index is 0.226. The van der Waals surface area contributed by atoms with E-state index >= 15 is 0 Å². The van der Waals surface area contributed by atoms with Gasteiger partial charge in [-0.3, -0.25) is 0 Å². The summed E-state index contributed by atoms with van der Waals surface area (Å²) in [4.78, 5) is 2.59. The maximum absolute atomic E-state index is 3.76. The van der Waals surface area contributed by atoms with Crippen LogP contribution in [0.2, 0.25) is 0 Å². The van der Waals surface area contributed by atoms with Gasteiger partial charge in [0.1, 0.15) is 0 Å². The molecule has 0 heterocycles. The Kier molecular flexibility index (Phi) is 5.71. The summed E-state index contributed by atoms with van der Waals surface area (Å²) in [6.07, 6.45) is 5.59. The predicted molar refractivity (Wildman–Crippen MR) is 90.2 cm³/mol. The summed E-state index contributed by atoms with van der Waals surface area (Å²) < 4.78 is 0. The molecule has 1 unspecified atom stereocenters. The molecule has 2 heteroatoms. The Balaban J connectivity index is 2.67. The summed E-state index contributed by atoms with van der Waals surface area (Å²) in [5, 5.41) is 3.76. The summed E-state index contributed by atoms with van der Waals surface area (Å²) in [6.45, 7) is 18.6. The molecule has 0 saturated heterocycles. The molecular weight excluding hydrogens is 244 g/mol. The zero-order chi connectivity index (χ0) is 15.6. The first kappa shape index (κ1) is 18.0. The van der Waals surface area contributed by atoms with Crippen molar-refractivity contribution >= 4 is 0 Å². The Morgan fingerprint density at radius 3 is 1.95 bits per heavy atom. The van der Waals surface area contributed by atoms with Crippen molar-refractivity contribution in [2.75, 3.05) is 20.1 Å². The highest BCUT2D eigenvalue weighted by atomic mass is 15.1. The summed E-state index contributed by atoms with van der Waals surface area (Å²) in [7, 11) is 2.31. The lowest BCUT2D eigenvalue weighted by Crippen LogP contribution is -2.50. The van der Waals surface area contributed by atoms with E-state index in [4.69, 9.17) is 0 Å². The average molecular weight is 283 g/mol. The lowest BCUT2D eigenvalue weighted by atomic mass is 9.82. The molecule has 0 aliphatic heterocycles. The minimum absolute atomic E-state index is 0.226. The van der Waals surface area contributed by atoms with E-state index in [0.717, 1.165) is 6.54 Å². The van der Waals surface area contributed by atoms with E-state index in [9.17, 15) is 0 Å². The Morgan fingerprint density at radius 1 is 1.05 bits per heavy atom. The van der Waals surface area contributed by atoms with Crippen molar-refractivity contribution in [3.63, 3.8) is 0 Å². The Morgan fingerprint density at radius 2 is 1.55 bits per heavy atom. The fourth-order valence-electron chi connectivity index (χ4n) is 3.30. The van der Waals surface area contributed by atoms with Crippen molar-refractivity contribution < 1.29 is 0 Å². The molecule has 1 aliphatic rings. The number of hydrogen-bond donors (Lipinski definition) is 1. The van der Waals surface area contributed by atoms with Crippen LogP contribution < -0.4 is 5.32 Å². The van der Waals surface area contributed by atoms with Crippen LogP contribution in [0.3, 0.4) is 0 Å². The van der Waals surface area contributed by atoms with E-state index in [0.29, 0.717) is 16.9 Å². The zero-order valence-corrected chi connectivity index (χ0v) is 15.3. The van der Waals surface area contributed by atoms with E-state index in [1.54, 1.807) is 0 Å². The molecule has 1 N–H and O–H groups in total. The normalized spacial score (nSPS) is 21.4. The highest BCUT2D eigenvalue weighted by Crippen LogP contribution is 2.39. The molecule has 2 nitrogen and oxygen atoms in total. The minimum Gasteiger partial charge on any atom is -0.311 e. The van der Waals surface area contributed by atoms with Gasteiger partial charge in [0.25, 0.3) is 0 Å². The number of nitrogens with one attached hydrogen (secondary N) is 1.